The molecule has 0 aliphatic heterocycles. The number of rotatable bonds is 6. The van der Waals surface area contributed by atoms with Crippen LogP contribution in [0.3, 0.4) is 0 Å². The second kappa shape index (κ2) is 8.75. The summed E-state index contributed by atoms with van der Waals surface area (Å²) in [6.07, 6.45) is 0. The first kappa shape index (κ1) is 20.6. The van der Waals surface area contributed by atoms with Crippen LogP contribution in [0.2, 0.25) is 0 Å². The Bertz CT molecular complexity index is 801. The number of carbonyl (C=O) groups is 2. The molecule has 0 fully saturated rings. The SMILES string of the molecule is CC(C)c1cccc(C(C)C)c1NC(=O)COC(=O)c1c(F)cccc1F. The normalized spacial score (nSPS) is 11.0. The van der Waals surface area contributed by atoms with E-state index >= 15 is 0 Å². The van der Waals surface area contributed by atoms with Crippen molar-refractivity contribution in [3.05, 3.63) is 64.7 Å². The van der Waals surface area contributed by atoms with Gasteiger partial charge >= 0.3 is 5.97 Å². The number of anilines is 1. The van der Waals surface area contributed by atoms with Crippen LogP contribution in [-0.4, -0.2) is 18.5 Å². The second-order valence-electron chi connectivity index (χ2n) is 6.84. The summed E-state index contributed by atoms with van der Waals surface area (Å²) in [7, 11) is 0. The zero-order valence-electron chi connectivity index (χ0n) is 15.8. The Kier molecular flexibility index (Phi) is 6.66. The first-order valence-corrected chi connectivity index (χ1v) is 8.76. The molecule has 2 aromatic rings. The number of benzene rings is 2. The third-order valence-corrected chi connectivity index (χ3v) is 4.14. The molecule has 0 saturated heterocycles. The third kappa shape index (κ3) is 4.90. The van der Waals surface area contributed by atoms with E-state index in [0.717, 1.165) is 29.3 Å². The molecule has 0 saturated carbocycles. The van der Waals surface area contributed by atoms with Crippen LogP contribution in [0.25, 0.3) is 0 Å². The zero-order valence-corrected chi connectivity index (χ0v) is 15.8. The third-order valence-electron chi connectivity index (χ3n) is 4.14. The number of carbonyl (C=O) groups excluding carboxylic acids is 2. The fourth-order valence-electron chi connectivity index (χ4n) is 2.77. The Labute approximate surface area is 157 Å². The Hall–Kier alpha value is -2.76. The van der Waals surface area contributed by atoms with Crippen LogP contribution in [0.4, 0.5) is 14.5 Å². The monoisotopic (exact) mass is 375 g/mol. The fourth-order valence-corrected chi connectivity index (χ4v) is 2.77. The van der Waals surface area contributed by atoms with Gasteiger partial charge in [0.25, 0.3) is 5.91 Å². The molecule has 4 nitrogen and oxygen atoms in total. The van der Waals surface area contributed by atoms with Crippen LogP contribution in [0, 0.1) is 11.6 Å². The van der Waals surface area contributed by atoms with Crippen LogP contribution >= 0.6 is 0 Å². The molecule has 0 aromatic heterocycles. The van der Waals surface area contributed by atoms with Gasteiger partial charge in [-0.15, -0.1) is 0 Å². The summed E-state index contributed by atoms with van der Waals surface area (Å²) in [6, 6.07) is 8.83. The lowest BCUT2D eigenvalue weighted by Gasteiger charge is -2.20. The van der Waals surface area contributed by atoms with Crippen molar-refractivity contribution in [2.24, 2.45) is 0 Å². The molecule has 1 amide bonds. The highest BCUT2D eigenvalue weighted by Crippen LogP contribution is 2.32. The smallest absolute Gasteiger partial charge is 0.344 e. The first-order valence-electron chi connectivity index (χ1n) is 8.76. The van der Waals surface area contributed by atoms with E-state index in [1.54, 1.807) is 0 Å². The summed E-state index contributed by atoms with van der Waals surface area (Å²) in [5.41, 5.74) is 1.79. The minimum absolute atomic E-state index is 0.175. The number of esters is 1. The summed E-state index contributed by atoms with van der Waals surface area (Å²) in [5, 5.41) is 2.77. The lowest BCUT2D eigenvalue weighted by atomic mass is 9.92. The Morgan fingerprint density at radius 1 is 0.926 bits per heavy atom. The molecule has 0 aliphatic carbocycles. The molecule has 6 heteroatoms. The van der Waals surface area contributed by atoms with Gasteiger partial charge in [0.15, 0.2) is 6.61 Å². The van der Waals surface area contributed by atoms with E-state index in [1.807, 2.05) is 45.9 Å². The van der Waals surface area contributed by atoms with Crippen molar-refractivity contribution < 1.29 is 23.1 Å². The zero-order chi connectivity index (χ0) is 20.1. The van der Waals surface area contributed by atoms with Crippen molar-refractivity contribution in [3.63, 3.8) is 0 Å². The van der Waals surface area contributed by atoms with Gasteiger partial charge in [0.1, 0.15) is 17.2 Å². The van der Waals surface area contributed by atoms with Crippen LogP contribution < -0.4 is 5.32 Å². The second-order valence-corrected chi connectivity index (χ2v) is 6.84. The minimum Gasteiger partial charge on any atom is -0.452 e. The Morgan fingerprint density at radius 2 is 1.41 bits per heavy atom. The predicted molar refractivity (Wildman–Crippen MR) is 99.9 cm³/mol. The van der Waals surface area contributed by atoms with Gasteiger partial charge in [0.2, 0.25) is 0 Å². The topological polar surface area (TPSA) is 55.4 Å². The molecule has 0 aliphatic rings. The molecule has 144 valence electrons. The minimum atomic E-state index is -1.22. The number of para-hydroxylation sites is 1. The molecule has 1 N–H and O–H groups in total. The van der Waals surface area contributed by atoms with Crippen LogP contribution in [-0.2, 0) is 9.53 Å². The molecule has 0 atom stereocenters. The van der Waals surface area contributed by atoms with Crippen molar-refractivity contribution in [1.82, 2.24) is 0 Å². The van der Waals surface area contributed by atoms with Crippen molar-refractivity contribution >= 4 is 17.6 Å². The Balaban J connectivity index is 2.14. The maximum atomic E-state index is 13.6. The van der Waals surface area contributed by atoms with Crippen molar-refractivity contribution in [3.8, 4) is 0 Å². The van der Waals surface area contributed by atoms with Crippen LogP contribution in [0.1, 0.15) is 61.0 Å². The quantitative estimate of drug-likeness (QED) is 0.723. The van der Waals surface area contributed by atoms with E-state index in [9.17, 15) is 18.4 Å². The molecule has 0 heterocycles. The van der Waals surface area contributed by atoms with Gasteiger partial charge in [-0.2, -0.15) is 0 Å². The van der Waals surface area contributed by atoms with E-state index in [0.29, 0.717) is 5.69 Å². The lowest BCUT2D eigenvalue weighted by molar-refractivity contribution is -0.119. The maximum absolute atomic E-state index is 13.6. The van der Waals surface area contributed by atoms with Gasteiger partial charge in [-0.1, -0.05) is 52.0 Å². The molecule has 27 heavy (non-hydrogen) atoms. The average molecular weight is 375 g/mol. The van der Waals surface area contributed by atoms with E-state index in [1.165, 1.54) is 0 Å². The molecule has 2 rings (SSSR count). The number of hydrogen-bond donors (Lipinski definition) is 1. The standard InChI is InChI=1S/C21H23F2NO3/c1-12(2)14-7-5-8-15(13(3)4)20(14)24-18(25)11-27-21(26)19-16(22)9-6-10-17(19)23/h5-10,12-13H,11H2,1-4H3,(H,24,25). The Morgan fingerprint density at radius 3 is 1.89 bits per heavy atom. The summed E-state index contributed by atoms with van der Waals surface area (Å²) in [4.78, 5) is 24.2. The predicted octanol–water partition coefficient (Wildman–Crippen LogP) is 5.01. The van der Waals surface area contributed by atoms with Gasteiger partial charge in [-0.3, -0.25) is 4.79 Å². The van der Waals surface area contributed by atoms with E-state index in [-0.39, 0.29) is 11.8 Å². The fraction of sp³-hybridized carbons (Fsp3) is 0.333. The summed E-state index contributed by atoms with van der Waals surface area (Å²) in [6.45, 7) is 7.40. The largest absolute Gasteiger partial charge is 0.452 e. The number of halogens is 2. The van der Waals surface area contributed by atoms with Crippen LogP contribution in [0.5, 0.6) is 0 Å². The summed E-state index contributed by atoms with van der Waals surface area (Å²) >= 11 is 0. The summed E-state index contributed by atoms with van der Waals surface area (Å²) in [5.74, 6) is -3.51. The van der Waals surface area contributed by atoms with E-state index in [4.69, 9.17) is 4.74 Å². The molecule has 0 bridgehead atoms. The van der Waals surface area contributed by atoms with Crippen LogP contribution in [0.15, 0.2) is 36.4 Å². The van der Waals surface area contributed by atoms with E-state index in [2.05, 4.69) is 5.32 Å². The first-order chi connectivity index (χ1) is 12.7. The molecule has 0 spiro atoms. The molecular formula is C21H23F2NO3. The van der Waals surface area contributed by atoms with Crippen molar-refractivity contribution in [2.75, 3.05) is 11.9 Å². The molecule has 2 aromatic carbocycles. The van der Waals surface area contributed by atoms with Gasteiger partial charge in [0.05, 0.1) is 0 Å². The molecule has 0 unspecified atom stereocenters. The molecule has 0 radical (unpaired) electrons. The van der Waals surface area contributed by atoms with Gasteiger partial charge in [0, 0.05) is 5.69 Å². The lowest BCUT2D eigenvalue weighted by Crippen LogP contribution is -2.23. The number of amides is 1. The number of nitrogens with one attached hydrogen (secondary N) is 1. The van der Waals surface area contributed by atoms with Gasteiger partial charge < -0.3 is 10.1 Å². The van der Waals surface area contributed by atoms with Gasteiger partial charge in [-0.05, 0) is 35.1 Å². The van der Waals surface area contributed by atoms with E-state index < -0.39 is 35.7 Å². The van der Waals surface area contributed by atoms with Crippen molar-refractivity contribution in [2.45, 2.75) is 39.5 Å². The number of hydrogen-bond acceptors (Lipinski definition) is 3. The summed E-state index contributed by atoms with van der Waals surface area (Å²) < 4.78 is 32.0. The highest BCUT2D eigenvalue weighted by molar-refractivity contribution is 5.96. The highest BCUT2D eigenvalue weighted by Gasteiger charge is 2.21. The number of ether oxygens (including phenoxy) is 1. The van der Waals surface area contributed by atoms with Crippen molar-refractivity contribution in [1.29, 1.82) is 0 Å². The highest BCUT2D eigenvalue weighted by atomic mass is 19.1. The average Bonchev–Trinajstić information content (AvgIpc) is 2.59. The maximum Gasteiger partial charge on any atom is 0.344 e. The van der Waals surface area contributed by atoms with Gasteiger partial charge in [-0.25, -0.2) is 13.6 Å². The molecular weight excluding hydrogens is 352 g/mol.